The summed E-state index contributed by atoms with van der Waals surface area (Å²) < 4.78 is 11.5. The second-order valence-electron chi connectivity index (χ2n) is 10.3. The molecular formula is C33H40N2O4. The monoisotopic (exact) mass is 528 g/mol. The molecule has 0 saturated heterocycles. The largest absolute Gasteiger partial charge is 0.465 e. The summed E-state index contributed by atoms with van der Waals surface area (Å²) in [5.41, 5.74) is 2.17. The summed E-state index contributed by atoms with van der Waals surface area (Å²) in [6.45, 7) is 12.5. The van der Waals surface area contributed by atoms with Gasteiger partial charge in [0.15, 0.2) is 0 Å². The minimum Gasteiger partial charge on any atom is -0.465 e. The lowest BCUT2D eigenvalue weighted by molar-refractivity contribution is -0.153. The van der Waals surface area contributed by atoms with Crippen LogP contribution in [0.1, 0.15) is 50.4 Å². The number of benzene rings is 3. The zero-order valence-corrected chi connectivity index (χ0v) is 23.5. The normalized spacial score (nSPS) is 12.8. The van der Waals surface area contributed by atoms with Crippen LogP contribution in [0.4, 0.5) is 4.79 Å². The van der Waals surface area contributed by atoms with Gasteiger partial charge in [-0.2, -0.15) is 0 Å². The molecule has 1 amide bonds. The van der Waals surface area contributed by atoms with E-state index in [4.69, 9.17) is 9.47 Å². The lowest BCUT2D eigenvalue weighted by Crippen LogP contribution is -2.53. The van der Waals surface area contributed by atoms with Gasteiger partial charge >= 0.3 is 12.1 Å². The Balaban J connectivity index is 2.20. The van der Waals surface area contributed by atoms with Crippen molar-refractivity contribution in [1.29, 1.82) is 0 Å². The third-order valence-electron chi connectivity index (χ3n) is 6.11. The Kier molecular flexibility index (Phi) is 10.9. The number of ether oxygens (including phenoxy) is 2. The van der Waals surface area contributed by atoms with Gasteiger partial charge in [0.05, 0.1) is 12.6 Å². The fourth-order valence-electron chi connectivity index (χ4n) is 4.54. The first-order chi connectivity index (χ1) is 18.7. The van der Waals surface area contributed by atoms with Gasteiger partial charge in [-0.15, -0.1) is 6.58 Å². The van der Waals surface area contributed by atoms with E-state index < -0.39 is 29.7 Å². The van der Waals surface area contributed by atoms with E-state index in [2.05, 4.69) is 11.5 Å². The molecule has 3 aromatic carbocycles. The van der Waals surface area contributed by atoms with E-state index in [1.54, 1.807) is 17.9 Å². The van der Waals surface area contributed by atoms with Gasteiger partial charge in [-0.1, -0.05) is 97.1 Å². The molecule has 0 fully saturated rings. The fourth-order valence-corrected chi connectivity index (χ4v) is 4.54. The minimum atomic E-state index is -0.833. The Morgan fingerprint density at radius 1 is 0.846 bits per heavy atom. The van der Waals surface area contributed by atoms with Gasteiger partial charge < -0.3 is 9.47 Å². The number of carbonyl (C=O) groups is 2. The van der Waals surface area contributed by atoms with E-state index in [0.29, 0.717) is 13.1 Å². The van der Waals surface area contributed by atoms with Crippen molar-refractivity contribution in [1.82, 2.24) is 9.80 Å². The van der Waals surface area contributed by atoms with E-state index in [-0.39, 0.29) is 13.2 Å². The number of amides is 1. The van der Waals surface area contributed by atoms with Crippen molar-refractivity contribution in [2.75, 3.05) is 13.2 Å². The number of nitrogens with zero attached hydrogens (tertiary/aromatic N) is 2. The zero-order chi connectivity index (χ0) is 28.3. The van der Waals surface area contributed by atoms with Crippen LogP contribution in [-0.2, 0) is 27.4 Å². The van der Waals surface area contributed by atoms with Crippen molar-refractivity contribution >= 4 is 12.1 Å². The van der Waals surface area contributed by atoms with Gasteiger partial charge in [0.25, 0.3) is 0 Å². The fraction of sp³-hybridized carbons (Fsp3) is 0.333. The molecule has 0 heterocycles. The van der Waals surface area contributed by atoms with Gasteiger partial charge in [-0.25, -0.2) is 4.79 Å². The second kappa shape index (κ2) is 14.3. The Labute approximate surface area is 232 Å². The van der Waals surface area contributed by atoms with Crippen molar-refractivity contribution in [3.63, 3.8) is 0 Å². The Morgan fingerprint density at radius 3 is 1.77 bits per heavy atom. The summed E-state index contributed by atoms with van der Waals surface area (Å²) in [4.78, 5) is 31.3. The van der Waals surface area contributed by atoms with E-state index in [1.165, 1.54) is 0 Å². The van der Waals surface area contributed by atoms with E-state index in [9.17, 15) is 9.59 Å². The summed E-state index contributed by atoms with van der Waals surface area (Å²) in [5.74, 6) is -0.407. The average Bonchev–Trinajstić information content (AvgIpc) is 2.91. The highest BCUT2D eigenvalue weighted by molar-refractivity contribution is 5.79. The third-order valence-corrected chi connectivity index (χ3v) is 6.11. The van der Waals surface area contributed by atoms with Crippen LogP contribution in [0.2, 0.25) is 0 Å². The molecule has 0 N–H and O–H groups in total. The number of esters is 1. The molecule has 0 aliphatic carbocycles. The molecule has 39 heavy (non-hydrogen) atoms. The highest BCUT2D eigenvalue weighted by Gasteiger charge is 2.42. The summed E-state index contributed by atoms with van der Waals surface area (Å²) >= 11 is 0. The van der Waals surface area contributed by atoms with Gasteiger partial charge in [0.1, 0.15) is 11.6 Å². The molecule has 0 spiro atoms. The lowest BCUT2D eigenvalue weighted by atomic mass is 9.95. The Morgan fingerprint density at radius 2 is 1.33 bits per heavy atom. The number of hydrogen-bond acceptors (Lipinski definition) is 5. The van der Waals surface area contributed by atoms with Crippen molar-refractivity contribution in [2.45, 2.75) is 58.5 Å². The molecule has 3 aromatic rings. The molecule has 0 saturated carbocycles. The molecule has 206 valence electrons. The molecule has 0 aliphatic rings. The van der Waals surface area contributed by atoms with Gasteiger partial charge in [0.2, 0.25) is 0 Å². The molecule has 6 heteroatoms. The predicted molar refractivity (Wildman–Crippen MR) is 155 cm³/mol. The van der Waals surface area contributed by atoms with Crippen LogP contribution in [0.5, 0.6) is 0 Å². The summed E-state index contributed by atoms with van der Waals surface area (Å²) in [7, 11) is 0. The first-order valence-electron chi connectivity index (χ1n) is 13.4. The first kappa shape index (κ1) is 29.7. The van der Waals surface area contributed by atoms with E-state index in [1.807, 2.05) is 112 Å². The third kappa shape index (κ3) is 8.82. The average molecular weight is 529 g/mol. The SMILES string of the molecule is C=CCN(C(=O)OC(C)(C)C)[C@@H](c1ccccc1)[C@H](C(=O)OCC)N(Cc1ccccc1)Cc1ccccc1. The van der Waals surface area contributed by atoms with E-state index >= 15 is 0 Å². The van der Waals surface area contributed by atoms with Crippen molar-refractivity contribution in [3.8, 4) is 0 Å². The van der Waals surface area contributed by atoms with Crippen molar-refractivity contribution in [2.24, 2.45) is 0 Å². The van der Waals surface area contributed by atoms with E-state index in [0.717, 1.165) is 16.7 Å². The van der Waals surface area contributed by atoms with Crippen molar-refractivity contribution in [3.05, 3.63) is 120 Å². The molecule has 0 radical (unpaired) electrons. The van der Waals surface area contributed by atoms with Crippen LogP contribution in [0, 0.1) is 0 Å². The maximum absolute atomic E-state index is 13.9. The highest BCUT2D eigenvalue weighted by Crippen LogP contribution is 2.32. The van der Waals surface area contributed by atoms with Crippen LogP contribution in [-0.4, -0.2) is 46.7 Å². The highest BCUT2D eigenvalue weighted by atomic mass is 16.6. The molecule has 0 aromatic heterocycles. The Bertz CT molecular complexity index is 1140. The maximum atomic E-state index is 13.9. The van der Waals surface area contributed by atoms with Crippen LogP contribution in [0.25, 0.3) is 0 Å². The number of hydrogen-bond donors (Lipinski definition) is 0. The molecule has 6 nitrogen and oxygen atoms in total. The minimum absolute atomic E-state index is 0.189. The van der Waals surface area contributed by atoms with Crippen LogP contribution < -0.4 is 0 Å². The first-order valence-corrected chi connectivity index (χ1v) is 13.4. The summed E-state index contributed by atoms with van der Waals surface area (Å²) in [5, 5.41) is 0. The second-order valence-corrected chi connectivity index (χ2v) is 10.3. The van der Waals surface area contributed by atoms with Gasteiger partial charge in [0, 0.05) is 19.6 Å². The quantitative estimate of drug-likeness (QED) is 0.191. The molecular weight excluding hydrogens is 488 g/mol. The predicted octanol–water partition coefficient (Wildman–Crippen LogP) is 6.78. The molecule has 0 unspecified atom stereocenters. The van der Waals surface area contributed by atoms with Crippen LogP contribution in [0.3, 0.4) is 0 Å². The molecule has 3 rings (SSSR count). The summed E-state index contributed by atoms with van der Waals surface area (Å²) in [6.07, 6.45) is 1.13. The molecule has 0 aliphatic heterocycles. The molecule has 0 bridgehead atoms. The number of carbonyl (C=O) groups excluding carboxylic acids is 2. The maximum Gasteiger partial charge on any atom is 0.411 e. The smallest absolute Gasteiger partial charge is 0.411 e. The van der Waals surface area contributed by atoms with Gasteiger partial charge in [-0.05, 0) is 44.4 Å². The standard InChI is InChI=1S/C33H40N2O4/c1-6-23-35(32(37)39-33(3,4)5)29(28-21-15-10-16-22-28)30(31(36)38-7-2)34(24-26-17-11-8-12-18-26)25-27-19-13-9-14-20-27/h6,8-22,29-30H,1,7,23-25H2,2-5H3/t29-,30+/m0/s1. The van der Waals surface area contributed by atoms with Crippen molar-refractivity contribution < 1.29 is 19.1 Å². The summed E-state index contributed by atoms with van der Waals surface area (Å²) in [6, 6.07) is 28.1. The van der Waals surface area contributed by atoms with Crippen LogP contribution >= 0.6 is 0 Å². The van der Waals surface area contributed by atoms with Gasteiger partial charge in [-0.3, -0.25) is 14.6 Å². The zero-order valence-electron chi connectivity index (χ0n) is 23.5. The van der Waals surface area contributed by atoms with Crippen LogP contribution in [0.15, 0.2) is 104 Å². The molecule has 2 atom stereocenters. The lowest BCUT2D eigenvalue weighted by Gasteiger charge is -2.41. The topological polar surface area (TPSA) is 59.1 Å². The Hall–Kier alpha value is -3.90. The number of rotatable bonds is 12.